The summed E-state index contributed by atoms with van der Waals surface area (Å²) in [5.41, 5.74) is 9.91. The average Bonchev–Trinajstić information content (AvgIpc) is 3.82. The fourth-order valence-corrected chi connectivity index (χ4v) is 7.99. The number of hydrogen-bond donors (Lipinski definition) is 1. The first-order valence-electron chi connectivity index (χ1n) is 17.6. The third-order valence-corrected chi connectivity index (χ3v) is 10.4. The van der Waals surface area contributed by atoms with Crippen LogP contribution in [0.5, 0.6) is 5.75 Å². The van der Waals surface area contributed by atoms with E-state index in [1.807, 2.05) is 43.3 Å². The van der Waals surface area contributed by atoms with Crippen molar-refractivity contribution in [3.8, 4) is 39.8 Å². The molecule has 2 saturated heterocycles. The van der Waals surface area contributed by atoms with Crippen LogP contribution in [-0.2, 0) is 17.9 Å². The highest BCUT2D eigenvalue weighted by molar-refractivity contribution is 5.85. The van der Waals surface area contributed by atoms with Crippen molar-refractivity contribution >= 4 is 28.2 Å². The molecule has 268 valence electrons. The van der Waals surface area contributed by atoms with E-state index in [1.54, 1.807) is 11.0 Å². The van der Waals surface area contributed by atoms with Crippen molar-refractivity contribution in [3.63, 3.8) is 0 Å². The Bertz CT molecular complexity index is 2320. The summed E-state index contributed by atoms with van der Waals surface area (Å²) >= 11 is 0. The van der Waals surface area contributed by atoms with E-state index < -0.39 is 18.6 Å². The number of aliphatic carboxylic acids is 1. The molecule has 0 spiro atoms. The van der Waals surface area contributed by atoms with Crippen molar-refractivity contribution in [2.24, 2.45) is 5.41 Å². The van der Waals surface area contributed by atoms with Gasteiger partial charge in [-0.05, 0) is 96.8 Å². The maximum absolute atomic E-state index is 13.5. The first-order valence-corrected chi connectivity index (χ1v) is 17.6. The second-order valence-electron chi connectivity index (χ2n) is 14.9. The Morgan fingerprint density at radius 1 is 0.885 bits per heavy atom. The zero-order chi connectivity index (χ0) is 36.3. The number of halogens is 2. The molecule has 0 saturated carbocycles. The number of alkyl halides is 2. The molecule has 4 aromatic carbocycles. The second kappa shape index (κ2) is 13.1. The number of ether oxygens (including phenoxy) is 1. The van der Waals surface area contributed by atoms with Gasteiger partial charge in [-0.1, -0.05) is 44.2 Å². The molecule has 4 heterocycles. The van der Waals surface area contributed by atoms with Crippen molar-refractivity contribution in [3.05, 3.63) is 89.0 Å². The molecule has 2 aliphatic rings. The lowest BCUT2D eigenvalue weighted by atomic mass is 9.84. The van der Waals surface area contributed by atoms with Gasteiger partial charge >= 0.3 is 12.6 Å². The van der Waals surface area contributed by atoms with Crippen LogP contribution in [0.2, 0.25) is 0 Å². The van der Waals surface area contributed by atoms with Gasteiger partial charge in [-0.3, -0.25) is 14.6 Å². The summed E-state index contributed by atoms with van der Waals surface area (Å²) < 4.78 is 44.4. The lowest BCUT2D eigenvalue weighted by Crippen LogP contribution is -2.52. The zero-order valence-electron chi connectivity index (χ0n) is 29.6. The van der Waals surface area contributed by atoms with E-state index in [1.165, 1.54) is 11.6 Å². The topological polar surface area (TPSA) is 105 Å². The number of fused-ring (bicyclic) bond motifs is 2. The third kappa shape index (κ3) is 6.43. The Labute approximate surface area is 299 Å². The molecule has 2 aliphatic heterocycles. The fourth-order valence-electron chi connectivity index (χ4n) is 7.99. The Morgan fingerprint density at radius 3 is 2.12 bits per heavy atom. The maximum Gasteiger partial charge on any atom is 0.387 e. The third-order valence-electron chi connectivity index (χ3n) is 10.4. The summed E-state index contributed by atoms with van der Waals surface area (Å²) in [6, 6.07) is 20.6. The standard InChI is InChI=1S/C41H40F2N4O5/c1-23-27(8-5-10-29(23)37-44-31-14-13-25(16-35(31)50-37)19-46-21-41(3,4)22-46)28-9-6-11-30(24(28)2)38-45-32-17-26(20-47-15-7-12-33(47)39(48)49)34(52-40(42)43)18-36(32)51-38/h5-6,8-11,13-14,16-18,33,40H,7,12,15,19-22H2,1-4H3,(H,48,49)/t33-/m0/s1. The minimum absolute atomic E-state index is 0.0604. The smallest absolute Gasteiger partial charge is 0.387 e. The molecule has 8 rings (SSSR count). The van der Waals surface area contributed by atoms with Gasteiger partial charge in [-0.15, -0.1) is 0 Å². The fraction of sp³-hybridized carbons (Fsp3) is 0.341. The number of aromatic nitrogens is 2. The van der Waals surface area contributed by atoms with Gasteiger partial charge in [-0.25, -0.2) is 9.97 Å². The maximum atomic E-state index is 13.5. The van der Waals surface area contributed by atoms with Crippen LogP contribution in [0.3, 0.4) is 0 Å². The van der Waals surface area contributed by atoms with Crippen LogP contribution in [0.25, 0.3) is 56.2 Å². The van der Waals surface area contributed by atoms with E-state index in [0.29, 0.717) is 53.2 Å². The van der Waals surface area contributed by atoms with Gasteiger partial charge in [0.15, 0.2) is 11.2 Å². The summed E-state index contributed by atoms with van der Waals surface area (Å²) in [5, 5.41) is 9.65. The van der Waals surface area contributed by atoms with Gasteiger partial charge in [-0.2, -0.15) is 8.78 Å². The van der Waals surface area contributed by atoms with Gasteiger partial charge in [0, 0.05) is 48.9 Å². The molecule has 9 nitrogen and oxygen atoms in total. The van der Waals surface area contributed by atoms with Gasteiger partial charge in [0.05, 0.1) is 0 Å². The molecule has 52 heavy (non-hydrogen) atoms. The van der Waals surface area contributed by atoms with Gasteiger partial charge in [0.25, 0.3) is 0 Å². The highest BCUT2D eigenvalue weighted by Crippen LogP contribution is 2.39. The van der Waals surface area contributed by atoms with E-state index in [9.17, 15) is 18.7 Å². The SMILES string of the molecule is Cc1c(-c2nc3ccc(CN4CC(C)(C)C4)cc3o2)cccc1-c1cccc(-c2nc3cc(CN4CCC[C@H]4C(=O)O)c(OC(F)F)cc3o2)c1C. The van der Waals surface area contributed by atoms with E-state index >= 15 is 0 Å². The monoisotopic (exact) mass is 706 g/mol. The van der Waals surface area contributed by atoms with Gasteiger partial charge in [0.1, 0.15) is 22.8 Å². The first-order chi connectivity index (χ1) is 24.9. The molecule has 0 unspecified atom stereocenters. The summed E-state index contributed by atoms with van der Waals surface area (Å²) in [4.78, 5) is 25.6. The quantitative estimate of drug-likeness (QED) is 0.149. The van der Waals surface area contributed by atoms with Crippen molar-refractivity contribution in [2.45, 2.75) is 66.3 Å². The van der Waals surface area contributed by atoms with Crippen LogP contribution in [0.15, 0.2) is 75.6 Å². The normalized spacial score (nSPS) is 17.7. The molecule has 2 aromatic heterocycles. The Balaban J connectivity index is 1.10. The van der Waals surface area contributed by atoms with E-state index in [0.717, 1.165) is 64.1 Å². The van der Waals surface area contributed by atoms with E-state index in [4.69, 9.17) is 23.5 Å². The number of carboxylic acids is 1. The lowest BCUT2D eigenvalue weighted by Gasteiger charge is -2.46. The van der Waals surface area contributed by atoms with E-state index in [-0.39, 0.29) is 12.3 Å². The summed E-state index contributed by atoms with van der Waals surface area (Å²) in [5.74, 6) is -0.0933. The number of benzene rings is 4. The summed E-state index contributed by atoms with van der Waals surface area (Å²) in [6.45, 7) is 9.32. The molecule has 0 amide bonds. The summed E-state index contributed by atoms with van der Waals surface area (Å²) in [6.07, 6.45) is 1.21. The van der Waals surface area contributed by atoms with Crippen LogP contribution in [-0.4, -0.2) is 63.1 Å². The molecule has 1 atom stereocenters. The Kier molecular flexibility index (Phi) is 8.58. The average molecular weight is 707 g/mol. The molecular weight excluding hydrogens is 666 g/mol. The van der Waals surface area contributed by atoms with Crippen LogP contribution in [0.4, 0.5) is 8.78 Å². The van der Waals surface area contributed by atoms with Crippen molar-refractivity contribution in [1.82, 2.24) is 19.8 Å². The number of oxazole rings is 2. The molecule has 6 aromatic rings. The van der Waals surface area contributed by atoms with Crippen molar-refractivity contribution in [1.29, 1.82) is 0 Å². The van der Waals surface area contributed by atoms with Crippen molar-refractivity contribution in [2.75, 3.05) is 19.6 Å². The van der Waals surface area contributed by atoms with Crippen LogP contribution in [0, 0.1) is 19.3 Å². The van der Waals surface area contributed by atoms with Gasteiger partial charge < -0.3 is 18.7 Å². The molecule has 0 radical (unpaired) electrons. The van der Waals surface area contributed by atoms with Crippen LogP contribution >= 0.6 is 0 Å². The minimum atomic E-state index is -3.06. The highest BCUT2D eigenvalue weighted by atomic mass is 19.3. The number of likely N-dealkylation sites (tertiary alicyclic amines) is 2. The molecule has 0 bridgehead atoms. The predicted octanol–water partition coefficient (Wildman–Crippen LogP) is 9.08. The van der Waals surface area contributed by atoms with Crippen LogP contribution < -0.4 is 4.74 Å². The number of hydrogen-bond acceptors (Lipinski definition) is 8. The number of carbonyl (C=O) groups is 1. The van der Waals surface area contributed by atoms with Crippen LogP contribution in [0.1, 0.15) is 48.9 Å². The molecule has 0 aliphatic carbocycles. The molecular formula is C41H40F2N4O5. The molecule has 2 fully saturated rings. The largest absolute Gasteiger partial charge is 0.480 e. The molecule has 1 N–H and O–H groups in total. The van der Waals surface area contributed by atoms with Gasteiger partial charge in [0.2, 0.25) is 11.8 Å². The number of nitrogens with zero attached hydrogens (tertiary/aromatic N) is 4. The lowest BCUT2D eigenvalue weighted by molar-refractivity contribution is -0.142. The van der Waals surface area contributed by atoms with E-state index in [2.05, 4.69) is 43.9 Å². The number of carboxylic acid groups (broad SMARTS) is 1. The predicted molar refractivity (Wildman–Crippen MR) is 194 cm³/mol. The first kappa shape index (κ1) is 34.0. The highest BCUT2D eigenvalue weighted by Gasteiger charge is 2.34. The second-order valence-corrected chi connectivity index (χ2v) is 14.9. The van der Waals surface area contributed by atoms with Crippen molar-refractivity contribution < 1.29 is 32.3 Å². The summed E-state index contributed by atoms with van der Waals surface area (Å²) in [7, 11) is 0. The Morgan fingerprint density at radius 2 is 1.50 bits per heavy atom. The Hall–Kier alpha value is -5.13. The number of rotatable bonds is 10. The molecule has 11 heteroatoms. The zero-order valence-corrected chi connectivity index (χ0v) is 29.6. The minimum Gasteiger partial charge on any atom is -0.480 e.